The minimum Gasteiger partial charge on any atom is -0.359 e. The Balaban J connectivity index is 1.63. The number of aromatic nitrogens is 2. The fourth-order valence-electron chi connectivity index (χ4n) is 1.86. The lowest BCUT2D eigenvalue weighted by Crippen LogP contribution is -2.26. The van der Waals surface area contributed by atoms with Gasteiger partial charge in [0.1, 0.15) is 10.7 Å². The molecule has 0 unspecified atom stereocenters. The topological polar surface area (TPSA) is 66.9 Å². The quantitative estimate of drug-likeness (QED) is 0.891. The van der Waals surface area contributed by atoms with Crippen LogP contribution in [0, 0.1) is 5.82 Å². The Morgan fingerprint density at radius 2 is 2.24 bits per heavy atom. The molecule has 1 aliphatic carbocycles. The van der Waals surface area contributed by atoms with Gasteiger partial charge in [-0.3, -0.25) is 9.78 Å². The molecule has 7 heteroatoms. The van der Waals surface area contributed by atoms with Crippen LogP contribution in [0.3, 0.4) is 0 Å². The molecule has 2 aromatic rings. The minimum atomic E-state index is -0.415. The smallest absolute Gasteiger partial charge is 0.263 e. The molecule has 0 saturated heterocycles. The number of carbonyl (C=O) groups is 1. The first-order chi connectivity index (χ1) is 10.1. The molecule has 3 rings (SSSR count). The maximum absolute atomic E-state index is 13.1. The number of hydrogen-bond acceptors (Lipinski definition) is 5. The molecule has 0 bridgehead atoms. The van der Waals surface area contributed by atoms with E-state index in [4.69, 9.17) is 0 Å². The van der Waals surface area contributed by atoms with Crippen LogP contribution in [0.25, 0.3) is 0 Å². The molecule has 2 N–H and O–H groups in total. The van der Waals surface area contributed by atoms with Crippen molar-refractivity contribution in [2.45, 2.75) is 31.8 Å². The Kier molecular flexibility index (Phi) is 3.83. The second-order valence-electron chi connectivity index (χ2n) is 5.08. The summed E-state index contributed by atoms with van der Waals surface area (Å²) in [6.07, 6.45) is 6.55. The van der Waals surface area contributed by atoms with Crippen LogP contribution in [-0.4, -0.2) is 21.9 Å². The molecule has 1 aliphatic rings. The van der Waals surface area contributed by atoms with Gasteiger partial charge in [0.2, 0.25) is 0 Å². The Hall–Kier alpha value is -2.02. The van der Waals surface area contributed by atoms with Crippen molar-refractivity contribution in [1.82, 2.24) is 15.3 Å². The minimum absolute atomic E-state index is 0.215. The largest absolute Gasteiger partial charge is 0.359 e. The number of halogens is 1. The van der Waals surface area contributed by atoms with Crippen LogP contribution in [0.4, 0.5) is 9.52 Å². The fraction of sp³-hybridized carbons (Fsp3) is 0.357. The Labute approximate surface area is 125 Å². The number of hydrogen-bond donors (Lipinski definition) is 2. The molecule has 0 spiro atoms. The van der Waals surface area contributed by atoms with Crippen LogP contribution in [0.15, 0.2) is 24.7 Å². The van der Waals surface area contributed by atoms with Gasteiger partial charge in [0, 0.05) is 12.2 Å². The molecule has 2 heterocycles. The van der Waals surface area contributed by atoms with Crippen LogP contribution in [0.2, 0.25) is 0 Å². The van der Waals surface area contributed by atoms with Gasteiger partial charge in [-0.1, -0.05) is 11.3 Å². The number of pyridine rings is 1. The molecule has 1 saturated carbocycles. The van der Waals surface area contributed by atoms with Crippen molar-refractivity contribution in [3.8, 4) is 0 Å². The maximum atomic E-state index is 13.1. The standard InChI is InChI=1S/C14H15FN4OS/c1-8(9-4-10(15)6-16-5-9)18-13(20)12-7-17-14(21-12)19-11-2-3-11/h4-8,11H,2-3H2,1H3,(H,17,19)(H,18,20)/t8-/m1/s1. The van der Waals surface area contributed by atoms with Crippen molar-refractivity contribution in [2.75, 3.05) is 5.32 Å². The highest BCUT2D eigenvalue weighted by molar-refractivity contribution is 7.17. The van der Waals surface area contributed by atoms with Crippen molar-refractivity contribution in [2.24, 2.45) is 0 Å². The SMILES string of the molecule is C[C@@H](NC(=O)c1cnc(NC2CC2)s1)c1cncc(F)c1. The predicted octanol–water partition coefficient (Wildman–Crippen LogP) is 2.74. The number of nitrogens with one attached hydrogen (secondary N) is 2. The number of anilines is 1. The van der Waals surface area contributed by atoms with E-state index < -0.39 is 5.82 Å². The summed E-state index contributed by atoms with van der Waals surface area (Å²) in [6.45, 7) is 1.79. The summed E-state index contributed by atoms with van der Waals surface area (Å²) < 4.78 is 13.1. The Morgan fingerprint density at radius 3 is 2.95 bits per heavy atom. The average molecular weight is 306 g/mol. The van der Waals surface area contributed by atoms with E-state index in [9.17, 15) is 9.18 Å². The fourth-order valence-corrected chi connectivity index (χ4v) is 2.66. The molecule has 0 aliphatic heterocycles. The molecule has 110 valence electrons. The van der Waals surface area contributed by atoms with Gasteiger partial charge in [0.15, 0.2) is 5.13 Å². The van der Waals surface area contributed by atoms with E-state index >= 15 is 0 Å². The summed E-state index contributed by atoms with van der Waals surface area (Å²) in [5.41, 5.74) is 0.629. The van der Waals surface area contributed by atoms with Gasteiger partial charge >= 0.3 is 0 Å². The lowest BCUT2D eigenvalue weighted by Gasteiger charge is -2.12. The zero-order valence-corrected chi connectivity index (χ0v) is 12.3. The lowest BCUT2D eigenvalue weighted by molar-refractivity contribution is 0.0943. The number of rotatable bonds is 5. The zero-order chi connectivity index (χ0) is 14.8. The molecule has 0 aromatic carbocycles. The van der Waals surface area contributed by atoms with Crippen LogP contribution >= 0.6 is 11.3 Å². The van der Waals surface area contributed by atoms with Crippen LogP contribution in [0.1, 0.15) is 41.0 Å². The van der Waals surface area contributed by atoms with E-state index in [1.807, 2.05) is 0 Å². The summed E-state index contributed by atoms with van der Waals surface area (Å²) in [7, 11) is 0. The highest BCUT2D eigenvalue weighted by atomic mass is 32.1. The molecule has 2 aromatic heterocycles. The lowest BCUT2D eigenvalue weighted by atomic mass is 10.1. The van der Waals surface area contributed by atoms with Crippen molar-refractivity contribution in [1.29, 1.82) is 0 Å². The Morgan fingerprint density at radius 1 is 1.43 bits per heavy atom. The molecular formula is C14H15FN4OS. The number of amides is 1. The van der Waals surface area contributed by atoms with Gasteiger partial charge in [-0.2, -0.15) is 0 Å². The zero-order valence-electron chi connectivity index (χ0n) is 11.5. The third-order valence-electron chi connectivity index (χ3n) is 3.21. The van der Waals surface area contributed by atoms with E-state index in [1.54, 1.807) is 19.3 Å². The number of carbonyl (C=O) groups excluding carboxylic acids is 1. The van der Waals surface area contributed by atoms with Crippen LogP contribution in [0.5, 0.6) is 0 Å². The summed E-state index contributed by atoms with van der Waals surface area (Å²) >= 11 is 1.33. The van der Waals surface area contributed by atoms with Crippen molar-refractivity contribution < 1.29 is 9.18 Å². The second kappa shape index (κ2) is 5.77. The van der Waals surface area contributed by atoms with Gasteiger partial charge in [0.05, 0.1) is 18.4 Å². The predicted molar refractivity (Wildman–Crippen MR) is 78.8 cm³/mol. The van der Waals surface area contributed by atoms with Crippen LogP contribution < -0.4 is 10.6 Å². The van der Waals surface area contributed by atoms with E-state index in [2.05, 4.69) is 20.6 Å². The van der Waals surface area contributed by atoms with Gasteiger partial charge in [-0.05, 0) is 31.4 Å². The molecule has 5 nitrogen and oxygen atoms in total. The molecule has 1 fully saturated rings. The second-order valence-corrected chi connectivity index (χ2v) is 6.11. The van der Waals surface area contributed by atoms with E-state index in [1.165, 1.54) is 17.4 Å². The molecular weight excluding hydrogens is 291 g/mol. The van der Waals surface area contributed by atoms with Gasteiger partial charge in [0.25, 0.3) is 5.91 Å². The van der Waals surface area contributed by atoms with Crippen molar-refractivity contribution in [3.63, 3.8) is 0 Å². The first-order valence-corrected chi connectivity index (χ1v) is 7.57. The summed E-state index contributed by atoms with van der Waals surface area (Å²) in [6, 6.07) is 1.55. The van der Waals surface area contributed by atoms with Crippen molar-refractivity contribution >= 4 is 22.4 Å². The van der Waals surface area contributed by atoms with E-state index in [0.717, 1.165) is 24.2 Å². The molecule has 1 atom stereocenters. The first kappa shape index (κ1) is 13.9. The summed E-state index contributed by atoms with van der Waals surface area (Å²) in [5.74, 6) is -0.629. The number of thiazole rings is 1. The van der Waals surface area contributed by atoms with E-state index in [0.29, 0.717) is 16.5 Å². The van der Waals surface area contributed by atoms with Gasteiger partial charge in [-0.25, -0.2) is 9.37 Å². The van der Waals surface area contributed by atoms with Gasteiger partial charge in [-0.15, -0.1) is 0 Å². The molecule has 0 radical (unpaired) electrons. The molecule has 21 heavy (non-hydrogen) atoms. The summed E-state index contributed by atoms with van der Waals surface area (Å²) in [4.78, 5) is 20.7. The van der Waals surface area contributed by atoms with E-state index in [-0.39, 0.29) is 11.9 Å². The van der Waals surface area contributed by atoms with Crippen molar-refractivity contribution in [3.05, 3.63) is 40.9 Å². The normalized spacial score (nSPS) is 15.5. The summed E-state index contributed by atoms with van der Waals surface area (Å²) in [5, 5.41) is 6.84. The Bertz CT molecular complexity index is 656. The highest BCUT2D eigenvalue weighted by Crippen LogP contribution is 2.27. The average Bonchev–Trinajstić information content (AvgIpc) is 3.14. The maximum Gasteiger partial charge on any atom is 0.263 e. The third-order valence-corrected chi connectivity index (χ3v) is 4.14. The van der Waals surface area contributed by atoms with Gasteiger partial charge < -0.3 is 10.6 Å². The first-order valence-electron chi connectivity index (χ1n) is 6.75. The highest BCUT2D eigenvalue weighted by Gasteiger charge is 2.23. The van der Waals surface area contributed by atoms with Crippen LogP contribution in [-0.2, 0) is 0 Å². The third kappa shape index (κ3) is 3.55. The monoisotopic (exact) mass is 306 g/mol. The molecule has 1 amide bonds. The number of nitrogens with zero attached hydrogens (tertiary/aromatic N) is 2.